The van der Waals surface area contributed by atoms with Gasteiger partial charge < -0.3 is 10.1 Å². The van der Waals surface area contributed by atoms with Crippen LogP contribution in [0, 0.1) is 5.92 Å². The molecule has 9 heteroatoms. The van der Waals surface area contributed by atoms with Crippen molar-refractivity contribution in [3.8, 4) is 0 Å². The molecule has 32 heavy (non-hydrogen) atoms. The molecule has 1 saturated heterocycles. The first kappa shape index (κ1) is 24.4. The monoisotopic (exact) mass is 450 g/mol. The van der Waals surface area contributed by atoms with E-state index in [0.29, 0.717) is 45.0 Å². The molecule has 1 aliphatic carbocycles. The Labute approximate surface area is 188 Å². The van der Waals surface area contributed by atoms with E-state index in [9.17, 15) is 18.8 Å². The topological polar surface area (TPSA) is 93.5 Å². The maximum atomic E-state index is 13.2. The Morgan fingerprint density at radius 1 is 1.31 bits per heavy atom. The van der Waals surface area contributed by atoms with Crippen LogP contribution in [0.5, 0.6) is 0 Å². The van der Waals surface area contributed by atoms with Gasteiger partial charge in [-0.2, -0.15) is 5.10 Å². The summed E-state index contributed by atoms with van der Waals surface area (Å²) in [4.78, 5) is 39.5. The Morgan fingerprint density at radius 3 is 2.62 bits per heavy atom. The number of hydrogen-bond acceptors (Lipinski definition) is 6. The second-order valence-electron chi connectivity index (χ2n) is 9.20. The lowest BCUT2D eigenvalue weighted by Crippen LogP contribution is -2.49. The van der Waals surface area contributed by atoms with Crippen LogP contribution in [-0.4, -0.2) is 65.5 Å². The fourth-order valence-electron chi connectivity index (χ4n) is 4.04. The summed E-state index contributed by atoms with van der Waals surface area (Å²) >= 11 is 0. The first-order valence-corrected chi connectivity index (χ1v) is 11.7. The maximum Gasteiger partial charge on any atom is 0.307 e. The minimum absolute atomic E-state index is 0.0770. The van der Waals surface area contributed by atoms with Crippen molar-refractivity contribution in [3.63, 3.8) is 0 Å². The van der Waals surface area contributed by atoms with E-state index >= 15 is 0 Å². The number of carbonyl (C=O) groups excluding carboxylic acids is 2. The van der Waals surface area contributed by atoms with E-state index < -0.39 is 12.2 Å². The molecule has 2 aliphatic rings. The third kappa shape index (κ3) is 6.60. The zero-order chi connectivity index (χ0) is 23.3. The standard InChI is InChI=1S/C23H35FN4O4/c1-4-32-22(30)7-9-25-23(31)20(11-15(2)3)28-21(29)12-18(16-5-6-16)19(26-28)8-10-27-13-17(24)14-27/h12,15-17,20H,4-11,13-14H2,1-3H3,(H,25,31). The largest absolute Gasteiger partial charge is 0.466 e. The van der Waals surface area contributed by atoms with E-state index in [1.807, 2.05) is 18.7 Å². The third-order valence-electron chi connectivity index (χ3n) is 5.89. The van der Waals surface area contributed by atoms with Crippen LogP contribution in [0.4, 0.5) is 4.39 Å². The van der Waals surface area contributed by atoms with Crippen molar-refractivity contribution >= 4 is 11.9 Å². The summed E-state index contributed by atoms with van der Waals surface area (Å²) < 4.78 is 19.4. The van der Waals surface area contributed by atoms with Gasteiger partial charge in [-0.3, -0.25) is 19.3 Å². The SMILES string of the molecule is CCOC(=O)CCNC(=O)C(CC(C)C)n1nc(CCN2CC(F)C2)c(C2CC2)cc1=O. The Kier molecular flexibility index (Phi) is 8.39. The van der Waals surface area contributed by atoms with Gasteiger partial charge in [0.05, 0.1) is 18.7 Å². The van der Waals surface area contributed by atoms with E-state index in [2.05, 4.69) is 10.4 Å². The predicted molar refractivity (Wildman–Crippen MR) is 118 cm³/mol. The van der Waals surface area contributed by atoms with Gasteiger partial charge in [-0.25, -0.2) is 9.07 Å². The highest BCUT2D eigenvalue weighted by Gasteiger charge is 2.31. The summed E-state index contributed by atoms with van der Waals surface area (Å²) in [5, 5.41) is 7.42. The van der Waals surface area contributed by atoms with Gasteiger partial charge in [0, 0.05) is 38.7 Å². The normalized spacial score (nSPS) is 17.8. The highest BCUT2D eigenvalue weighted by atomic mass is 19.1. The van der Waals surface area contributed by atoms with Gasteiger partial charge in [0.2, 0.25) is 5.91 Å². The number of hydrogen-bond donors (Lipinski definition) is 1. The summed E-state index contributed by atoms with van der Waals surface area (Å²) in [6.45, 7) is 7.71. The van der Waals surface area contributed by atoms with Crippen LogP contribution >= 0.6 is 0 Å². The highest BCUT2D eigenvalue weighted by Crippen LogP contribution is 2.41. The maximum absolute atomic E-state index is 13.2. The number of carbonyl (C=O) groups is 2. The van der Waals surface area contributed by atoms with Crippen LogP contribution in [0.15, 0.2) is 10.9 Å². The van der Waals surface area contributed by atoms with Gasteiger partial charge in [0.1, 0.15) is 12.2 Å². The molecule has 1 amide bonds. The van der Waals surface area contributed by atoms with Crippen molar-refractivity contribution in [3.05, 3.63) is 27.7 Å². The van der Waals surface area contributed by atoms with Crippen molar-refractivity contribution in [1.29, 1.82) is 0 Å². The van der Waals surface area contributed by atoms with Crippen molar-refractivity contribution in [2.45, 2.75) is 71.0 Å². The van der Waals surface area contributed by atoms with Gasteiger partial charge in [-0.05, 0) is 43.6 Å². The molecule has 178 valence electrons. The summed E-state index contributed by atoms with van der Waals surface area (Å²) in [5.41, 5.74) is 1.51. The van der Waals surface area contributed by atoms with Crippen LogP contribution in [-0.2, 0) is 20.7 Å². The molecule has 3 rings (SSSR count). The molecule has 1 atom stereocenters. The van der Waals surface area contributed by atoms with Gasteiger partial charge in [0.15, 0.2) is 0 Å². The first-order chi connectivity index (χ1) is 15.3. The number of alkyl halides is 1. The van der Waals surface area contributed by atoms with E-state index in [-0.39, 0.29) is 36.3 Å². The molecule has 2 fully saturated rings. The van der Waals surface area contributed by atoms with E-state index in [1.54, 1.807) is 13.0 Å². The fourth-order valence-corrected chi connectivity index (χ4v) is 4.04. The van der Waals surface area contributed by atoms with Gasteiger partial charge in [-0.1, -0.05) is 13.8 Å². The summed E-state index contributed by atoms with van der Waals surface area (Å²) in [7, 11) is 0. The number of nitrogens with zero attached hydrogens (tertiary/aromatic N) is 3. The molecule has 8 nitrogen and oxygen atoms in total. The van der Waals surface area contributed by atoms with Crippen LogP contribution in [0.1, 0.15) is 69.7 Å². The lowest BCUT2D eigenvalue weighted by molar-refractivity contribution is -0.143. The molecule has 2 heterocycles. The van der Waals surface area contributed by atoms with Gasteiger partial charge in [0.25, 0.3) is 5.56 Å². The Morgan fingerprint density at radius 2 is 2.03 bits per heavy atom. The highest BCUT2D eigenvalue weighted by molar-refractivity contribution is 5.80. The average Bonchev–Trinajstić information content (AvgIpc) is 3.54. The number of nitrogens with one attached hydrogen (secondary N) is 1. The number of esters is 1. The van der Waals surface area contributed by atoms with Crippen molar-refractivity contribution in [1.82, 2.24) is 20.0 Å². The first-order valence-electron chi connectivity index (χ1n) is 11.7. The quantitative estimate of drug-likeness (QED) is 0.490. The lowest BCUT2D eigenvalue weighted by atomic mass is 10.0. The van der Waals surface area contributed by atoms with E-state index in [1.165, 1.54) is 4.68 Å². The molecule has 1 aromatic rings. The third-order valence-corrected chi connectivity index (χ3v) is 5.89. The Bertz CT molecular complexity index is 862. The molecule has 1 aromatic heterocycles. The zero-order valence-electron chi connectivity index (χ0n) is 19.3. The minimum Gasteiger partial charge on any atom is -0.466 e. The van der Waals surface area contributed by atoms with Crippen molar-refractivity contribution in [2.24, 2.45) is 5.92 Å². The predicted octanol–water partition coefficient (Wildman–Crippen LogP) is 1.97. The van der Waals surface area contributed by atoms with Gasteiger partial charge >= 0.3 is 5.97 Å². The van der Waals surface area contributed by atoms with Crippen LogP contribution in [0.3, 0.4) is 0 Å². The molecule has 0 bridgehead atoms. The summed E-state index contributed by atoms with van der Waals surface area (Å²) in [6.07, 6.45) is 2.48. The second-order valence-corrected chi connectivity index (χ2v) is 9.20. The van der Waals surface area contributed by atoms with Crippen molar-refractivity contribution in [2.75, 3.05) is 32.8 Å². The molecule has 1 aliphatic heterocycles. The molecule has 1 N–H and O–H groups in total. The molecule has 0 spiro atoms. The molecule has 0 aromatic carbocycles. The summed E-state index contributed by atoms with van der Waals surface area (Å²) in [6, 6.07) is 0.878. The Hall–Kier alpha value is -2.29. The molecular formula is C23H35FN4O4. The summed E-state index contributed by atoms with van der Waals surface area (Å²) in [5.74, 6) is -0.183. The van der Waals surface area contributed by atoms with Gasteiger partial charge in [-0.15, -0.1) is 0 Å². The number of aromatic nitrogens is 2. The number of ether oxygens (including phenoxy) is 1. The molecule has 1 unspecified atom stereocenters. The fraction of sp³-hybridized carbons (Fsp3) is 0.739. The van der Waals surface area contributed by atoms with Crippen LogP contribution in [0.25, 0.3) is 0 Å². The van der Waals surface area contributed by atoms with Crippen molar-refractivity contribution < 1.29 is 18.7 Å². The van der Waals surface area contributed by atoms with E-state index in [4.69, 9.17) is 4.74 Å². The molecule has 1 saturated carbocycles. The lowest BCUT2D eigenvalue weighted by Gasteiger charge is -2.34. The second kappa shape index (κ2) is 11.0. The number of halogens is 1. The van der Waals surface area contributed by atoms with Crippen LogP contribution in [0.2, 0.25) is 0 Å². The zero-order valence-corrected chi connectivity index (χ0v) is 19.3. The Balaban J connectivity index is 1.76. The molecular weight excluding hydrogens is 415 g/mol. The number of likely N-dealkylation sites (tertiary alicyclic amines) is 1. The minimum atomic E-state index is -0.756. The average molecular weight is 451 g/mol. The molecule has 0 radical (unpaired) electrons. The van der Waals surface area contributed by atoms with E-state index in [0.717, 1.165) is 24.1 Å². The smallest absolute Gasteiger partial charge is 0.307 e. The number of rotatable bonds is 12. The number of amides is 1. The van der Waals surface area contributed by atoms with Crippen LogP contribution < -0.4 is 10.9 Å².